The Labute approximate surface area is 126 Å². The molecular weight excluding hydrogens is 290 g/mol. The van der Waals surface area contributed by atoms with Crippen LogP contribution >= 0.6 is 0 Å². The topological polar surface area (TPSA) is 66.9 Å². The molecule has 5 nitrogen and oxygen atoms in total. The van der Waals surface area contributed by atoms with Gasteiger partial charge in [-0.25, -0.2) is 18.7 Å². The smallest absolute Gasteiger partial charge is 0.270 e. The molecule has 0 aliphatic heterocycles. The lowest BCUT2D eigenvalue weighted by atomic mass is 10.2. The number of carbonyl (C=O) groups excluding carboxylic acids is 1. The zero-order valence-electron chi connectivity index (χ0n) is 12.2. The van der Waals surface area contributed by atoms with Gasteiger partial charge in [-0.3, -0.25) is 4.79 Å². The molecule has 0 atom stereocenters. The van der Waals surface area contributed by atoms with Crippen molar-refractivity contribution in [1.29, 1.82) is 0 Å². The first-order chi connectivity index (χ1) is 10.5. The van der Waals surface area contributed by atoms with E-state index in [0.717, 1.165) is 12.1 Å². The summed E-state index contributed by atoms with van der Waals surface area (Å²) in [4.78, 5) is 19.7. The summed E-state index contributed by atoms with van der Waals surface area (Å²) in [6, 6.07) is 4.92. The largest absolute Gasteiger partial charge is 0.350 e. The highest BCUT2D eigenvalue weighted by Crippen LogP contribution is 2.21. The van der Waals surface area contributed by atoms with Crippen molar-refractivity contribution in [3.8, 4) is 0 Å². The van der Waals surface area contributed by atoms with Gasteiger partial charge in [-0.05, 0) is 24.1 Å². The zero-order valence-corrected chi connectivity index (χ0v) is 12.2. The molecule has 0 bridgehead atoms. The highest BCUT2D eigenvalue weighted by Gasteiger charge is 2.12. The molecule has 0 fully saturated rings. The van der Waals surface area contributed by atoms with Crippen LogP contribution in [-0.2, 0) is 0 Å². The van der Waals surface area contributed by atoms with Crippen LogP contribution in [0.5, 0.6) is 0 Å². The second-order valence-electron chi connectivity index (χ2n) is 5.09. The fourth-order valence-electron chi connectivity index (χ4n) is 1.66. The molecule has 0 saturated carbocycles. The van der Waals surface area contributed by atoms with Crippen LogP contribution in [0.4, 0.5) is 20.4 Å². The Morgan fingerprint density at radius 3 is 2.55 bits per heavy atom. The number of benzene rings is 1. The van der Waals surface area contributed by atoms with Crippen LogP contribution in [0.15, 0.2) is 30.5 Å². The molecule has 0 aliphatic rings. The second kappa shape index (κ2) is 6.93. The molecule has 0 aliphatic carbocycles. The number of anilines is 2. The number of hydrogen-bond donors (Lipinski definition) is 2. The molecule has 0 saturated heterocycles. The van der Waals surface area contributed by atoms with E-state index in [1.807, 2.05) is 13.8 Å². The number of para-hydroxylation sites is 1. The molecule has 0 radical (unpaired) electrons. The first-order valence-electron chi connectivity index (χ1n) is 6.79. The van der Waals surface area contributed by atoms with E-state index in [4.69, 9.17) is 0 Å². The van der Waals surface area contributed by atoms with Gasteiger partial charge in [-0.1, -0.05) is 19.9 Å². The third kappa shape index (κ3) is 3.97. The van der Waals surface area contributed by atoms with Crippen LogP contribution in [0.1, 0.15) is 24.3 Å². The van der Waals surface area contributed by atoms with Crippen molar-refractivity contribution in [1.82, 2.24) is 15.3 Å². The van der Waals surface area contributed by atoms with E-state index < -0.39 is 11.6 Å². The van der Waals surface area contributed by atoms with Crippen molar-refractivity contribution in [2.75, 3.05) is 11.9 Å². The van der Waals surface area contributed by atoms with Crippen LogP contribution < -0.4 is 10.6 Å². The maximum Gasteiger partial charge on any atom is 0.270 e. The van der Waals surface area contributed by atoms with Gasteiger partial charge in [-0.2, -0.15) is 0 Å². The number of amides is 1. The van der Waals surface area contributed by atoms with E-state index in [9.17, 15) is 13.6 Å². The standard InChI is InChI=1S/C15H16F2N4O/c1-9(2)8-19-14(22)12-6-7-18-15(20-12)21-13-10(16)4-3-5-11(13)17/h3-7,9H,8H2,1-2H3,(H,19,22)(H,18,20,21). The van der Waals surface area contributed by atoms with Gasteiger partial charge in [0.15, 0.2) is 0 Å². The Balaban J connectivity index is 2.17. The van der Waals surface area contributed by atoms with Gasteiger partial charge in [-0.15, -0.1) is 0 Å². The van der Waals surface area contributed by atoms with Crippen molar-refractivity contribution >= 4 is 17.5 Å². The Morgan fingerprint density at radius 1 is 1.23 bits per heavy atom. The van der Waals surface area contributed by atoms with Crippen molar-refractivity contribution < 1.29 is 13.6 Å². The van der Waals surface area contributed by atoms with Crippen molar-refractivity contribution in [2.45, 2.75) is 13.8 Å². The molecule has 7 heteroatoms. The summed E-state index contributed by atoms with van der Waals surface area (Å²) in [5.41, 5.74) is -0.239. The Morgan fingerprint density at radius 2 is 1.91 bits per heavy atom. The summed E-state index contributed by atoms with van der Waals surface area (Å²) in [7, 11) is 0. The number of nitrogens with one attached hydrogen (secondary N) is 2. The lowest BCUT2D eigenvalue weighted by Gasteiger charge is -2.09. The minimum Gasteiger partial charge on any atom is -0.350 e. The zero-order chi connectivity index (χ0) is 16.1. The lowest BCUT2D eigenvalue weighted by molar-refractivity contribution is 0.0944. The monoisotopic (exact) mass is 306 g/mol. The van der Waals surface area contributed by atoms with E-state index >= 15 is 0 Å². The Bertz CT molecular complexity index is 656. The number of aromatic nitrogens is 2. The maximum absolute atomic E-state index is 13.6. The van der Waals surface area contributed by atoms with Crippen LogP contribution in [-0.4, -0.2) is 22.4 Å². The molecular formula is C15H16F2N4O. The normalized spacial score (nSPS) is 10.6. The van der Waals surface area contributed by atoms with E-state index in [2.05, 4.69) is 20.6 Å². The third-order valence-corrected chi connectivity index (χ3v) is 2.76. The van der Waals surface area contributed by atoms with Gasteiger partial charge in [0.05, 0.1) is 0 Å². The molecule has 2 N–H and O–H groups in total. The highest BCUT2D eigenvalue weighted by molar-refractivity contribution is 5.92. The van der Waals surface area contributed by atoms with E-state index in [1.54, 1.807) is 0 Å². The van der Waals surface area contributed by atoms with Crippen molar-refractivity contribution in [2.24, 2.45) is 5.92 Å². The van der Waals surface area contributed by atoms with Gasteiger partial charge < -0.3 is 10.6 Å². The molecule has 2 rings (SSSR count). The van der Waals surface area contributed by atoms with E-state index in [-0.39, 0.29) is 23.2 Å². The van der Waals surface area contributed by atoms with Crippen LogP contribution in [0.25, 0.3) is 0 Å². The van der Waals surface area contributed by atoms with E-state index in [0.29, 0.717) is 12.5 Å². The molecule has 1 heterocycles. The Kier molecular flexibility index (Phi) is 4.98. The van der Waals surface area contributed by atoms with Crippen LogP contribution in [0, 0.1) is 17.6 Å². The SMILES string of the molecule is CC(C)CNC(=O)c1ccnc(Nc2c(F)cccc2F)n1. The number of hydrogen-bond acceptors (Lipinski definition) is 4. The minimum absolute atomic E-state index is 0.0544. The van der Waals surface area contributed by atoms with Crippen LogP contribution in [0.3, 0.4) is 0 Å². The predicted molar refractivity (Wildman–Crippen MR) is 78.8 cm³/mol. The first-order valence-corrected chi connectivity index (χ1v) is 6.79. The average molecular weight is 306 g/mol. The summed E-state index contributed by atoms with van der Waals surface area (Å²) >= 11 is 0. The van der Waals surface area contributed by atoms with Gasteiger partial charge in [0, 0.05) is 12.7 Å². The summed E-state index contributed by atoms with van der Waals surface area (Å²) < 4.78 is 27.1. The summed E-state index contributed by atoms with van der Waals surface area (Å²) in [5.74, 6) is -1.65. The fourth-order valence-corrected chi connectivity index (χ4v) is 1.66. The predicted octanol–water partition coefficient (Wildman–Crippen LogP) is 2.88. The van der Waals surface area contributed by atoms with Gasteiger partial charge in [0.1, 0.15) is 23.0 Å². The average Bonchev–Trinajstić information content (AvgIpc) is 2.49. The molecule has 1 aromatic heterocycles. The second-order valence-corrected chi connectivity index (χ2v) is 5.09. The maximum atomic E-state index is 13.6. The van der Waals surface area contributed by atoms with Crippen molar-refractivity contribution in [3.63, 3.8) is 0 Å². The van der Waals surface area contributed by atoms with Crippen LogP contribution in [0.2, 0.25) is 0 Å². The van der Waals surface area contributed by atoms with Gasteiger partial charge in [0.2, 0.25) is 5.95 Å². The quantitative estimate of drug-likeness (QED) is 0.891. The third-order valence-electron chi connectivity index (χ3n) is 2.76. The lowest BCUT2D eigenvalue weighted by Crippen LogP contribution is -2.28. The fraction of sp³-hybridized carbons (Fsp3) is 0.267. The number of halogens is 2. The number of nitrogens with zero attached hydrogens (tertiary/aromatic N) is 2. The molecule has 1 aromatic carbocycles. The molecule has 22 heavy (non-hydrogen) atoms. The molecule has 2 aromatic rings. The van der Waals surface area contributed by atoms with Crippen molar-refractivity contribution in [3.05, 3.63) is 47.8 Å². The van der Waals surface area contributed by atoms with E-state index in [1.165, 1.54) is 18.3 Å². The Hall–Kier alpha value is -2.57. The highest BCUT2D eigenvalue weighted by atomic mass is 19.1. The summed E-state index contributed by atoms with van der Waals surface area (Å²) in [6.07, 6.45) is 1.35. The summed E-state index contributed by atoms with van der Waals surface area (Å²) in [6.45, 7) is 4.44. The molecule has 116 valence electrons. The molecule has 1 amide bonds. The molecule has 0 unspecified atom stereocenters. The number of carbonyl (C=O) groups is 1. The summed E-state index contributed by atoms with van der Waals surface area (Å²) in [5, 5.41) is 5.16. The van der Waals surface area contributed by atoms with Gasteiger partial charge in [0.25, 0.3) is 5.91 Å². The molecule has 0 spiro atoms. The first kappa shape index (κ1) is 15.8. The number of rotatable bonds is 5. The minimum atomic E-state index is -0.765. The van der Waals surface area contributed by atoms with Gasteiger partial charge >= 0.3 is 0 Å².